The van der Waals surface area contributed by atoms with E-state index in [1.165, 1.54) is 0 Å². The van der Waals surface area contributed by atoms with Crippen molar-refractivity contribution in [1.82, 2.24) is 0 Å². The van der Waals surface area contributed by atoms with Crippen LogP contribution in [0.5, 0.6) is 5.75 Å². The van der Waals surface area contributed by atoms with Crippen LogP contribution in [0.2, 0.25) is 0 Å². The quantitative estimate of drug-likeness (QED) is 0.371. The first kappa shape index (κ1) is 19.7. The lowest BCUT2D eigenvalue weighted by Crippen LogP contribution is -2.13. The molecule has 0 heterocycles. The van der Waals surface area contributed by atoms with Gasteiger partial charge in [0, 0.05) is 4.47 Å². The smallest absolute Gasteiger partial charge is 0.266 e. The lowest BCUT2D eigenvalue weighted by atomic mass is 10.1. The molecule has 134 valence electrons. The van der Waals surface area contributed by atoms with Crippen molar-refractivity contribution in [2.75, 3.05) is 11.9 Å². The van der Waals surface area contributed by atoms with Gasteiger partial charge < -0.3 is 10.1 Å². The number of unbranched alkanes of at least 4 members (excludes halogenated alkanes) is 1. The molecule has 0 aliphatic carbocycles. The van der Waals surface area contributed by atoms with Gasteiger partial charge in [-0.15, -0.1) is 0 Å². The van der Waals surface area contributed by atoms with Gasteiger partial charge in [-0.3, -0.25) is 4.79 Å². The lowest BCUT2D eigenvalue weighted by molar-refractivity contribution is -0.112. The fourth-order valence-electron chi connectivity index (χ4n) is 2.22. The Labute approximate surface area is 162 Å². The molecule has 0 aliphatic heterocycles. The van der Waals surface area contributed by atoms with Gasteiger partial charge in [-0.25, -0.2) is 0 Å². The summed E-state index contributed by atoms with van der Waals surface area (Å²) < 4.78 is 6.39. The van der Waals surface area contributed by atoms with Crippen molar-refractivity contribution < 1.29 is 9.53 Å². The predicted octanol–water partition coefficient (Wildman–Crippen LogP) is 5.48. The van der Waals surface area contributed by atoms with Crippen molar-refractivity contribution in [3.8, 4) is 11.8 Å². The van der Waals surface area contributed by atoms with Crippen LogP contribution in [0.3, 0.4) is 0 Å². The fourth-order valence-corrected chi connectivity index (χ4v) is 2.81. The Hall–Kier alpha value is -2.58. The van der Waals surface area contributed by atoms with Crippen LogP contribution in [0.15, 0.2) is 52.5 Å². The number of aryl methyl sites for hydroxylation is 1. The van der Waals surface area contributed by atoms with Crippen LogP contribution < -0.4 is 10.1 Å². The van der Waals surface area contributed by atoms with Gasteiger partial charge in [-0.05, 0) is 70.7 Å². The van der Waals surface area contributed by atoms with Crippen LogP contribution in [0, 0.1) is 18.3 Å². The first-order chi connectivity index (χ1) is 12.5. The van der Waals surface area contributed by atoms with Crippen molar-refractivity contribution in [2.45, 2.75) is 26.7 Å². The molecule has 0 spiro atoms. The molecule has 0 atom stereocenters. The molecule has 1 N–H and O–H groups in total. The second kappa shape index (κ2) is 9.79. The number of hydrogen-bond acceptors (Lipinski definition) is 3. The Morgan fingerprint density at radius 2 is 2.00 bits per heavy atom. The minimum atomic E-state index is -0.444. The first-order valence-corrected chi connectivity index (χ1v) is 9.25. The second-order valence-corrected chi connectivity index (χ2v) is 6.73. The maximum Gasteiger partial charge on any atom is 0.266 e. The van der Waals surface area contributed by atoms with Gasteiger partial charge in [0.15, 0.2) is 0 Å². The summed E-state index contributed by atoms with van der Waals surface area (Å²) in [6.07, 6.45) is 3.65. The molecular weight excluding hydrogens is 392 g/mol. The summed E-state index contributed by atoms with van der Waals surface area (Å²) in [6, 6.07) is 14.9. The van der Waals surface area contributed by atoms with Crippen molar-refractivity contribution in [1.29, 1.82) is 5.26 Å². The highest BCUT2D eigenvalue weighted by atomic mass is 79.9. The molecule has 0 aliphatic rings. The lowest BCUT2D eigenvalue weighted by Gasteiger charge is -2.08. The monoisotopic (exact) mass is 412 g/mol. The highest BCUT2D eigenvalue weighted by Gasteiger charge is 2.11. The van der Waals surface area contributed by atoms with Crippen LogP contribution in [0.4, 0.5) is 5.69 Å². The molecule has 0 saturated heterocycles. The standard InChI is InChI=1S/C21H21BrN2O2/c1-3-4-11-26-18-8-6-16(7-9-18)13-17(14-23)21(25)24-20-10-5-15(2)12-19(20)22/h5-10,12-13H,3-4,11H2,1-2H3,(H,24,25)/b17-13+. The number of benzene rings is 2. The molecule has 0 fully saturated rings. The summed E-state index contributed by atoms with van der Waals surface area (Å²) >= 11 is 3.42. The van der Waals surface area contributed by atoms with Crippen LogP contribution in [-0.2, 0) is 4.79 Å². The Kier molecular flexibility index (Phi) is 7.43. The minimum absolute atomic E-state index is 0.0390. The molecule has 0 bridgehead atoms. The number of rotatable bonds is 7. The van der Waals surface area contributed by atoms with E-state index in [0.717, 1.165) is 34.2 Å². The van der Waals surface area contributed by atoms with Crippen molar-refractivity contribution in [3.05, 3.63) is 63.6 Å². The van der Waals surface area contributed by atoms with Gasteiger partial charge in [0.1, 0.15) is 17.4 Å². The highest BCUT2D eigenvalue weighted by Crippen LogP contribution is 2.24. The van der Waals surface area contributed by atoms with Gasteiger partial charge in [-0.1, -0.05) is 31.5 Å². The van der Waals surface area contributed by atoms with Crippen molar-refractivity contribution in [2.24, 2.45) is 0 Å². The van der Waals surface area contributed by atoms with E-state index in [1.54, 1.807) is 12.1 Å². The summed E-state index contributed by atoms with van der Waals surface area (Å²) in [4.78, 5) is 12.4. The fraction of sp³-hybridized carbons (Fsp3) is 0.238. The Morgan fingerprint density at radius 3 is 2.62 bits per heavy atom. The van der Waals surface area contributed by atoms with E-state index in [0.29, 0.717) is 12.3 Å². The van der Waals surface area contributed by atoms with Crippen LogP contribution >= 0.6 is 15.9 Å². The molecule has 0 radical (unpaired) electrons. The van der Waals surface area contributed by atoms with Gasteiger partial charge in [0.25, 0.3) is 5.91 Å². The number of nitriles is 1. The van der Waals surface area contributed by atoms with Gasteiger partial charge in [0.2, 0.25) is 0 Å². The number of hydrogen-bond donors (Lipinski definition) is 1. The van der Waals surface area contributed by atoms with Crippen molar-refractivity contribution in [3.63, 3.8) is 0 Å². The molecule has 5 heteroatoms. The summed E-state index contributed by atoms with van der Waals surface area (Å²) in [5.74, 6) is 0.336. The van der Waals surface area contributed by atoms with E-state index in [4.69, 9.17) is 4.74 Å². The molecule has 1 amide bonds. The number of anilines is 1. The third-order valence-electron chi connectivity index (χ3n) is 3.70. The van der Waals surface area contributed by atoms with Crippen molar-refractivity contribution >= 4 is 33.6 Å². The number of carbonyl (C=O) groups is 1. The number of nitrogens with one attached hydrogen (secondary N) is 1. The molecule has 2 aromatic carbocycles. The predicted molar refractivity (Wildman–Crippen MR) is 108 cm³/mol. The molecule has 0 aromatic heterocycles. The topological polar surface area (TPSA) is 62.1 Å². The van der Waals surface area contributed by atoms with Gasteiger partial charge in [-0.2, -0.15) is 5.26 Å². The normalized spacial score (nSPS) is 10.9. The molecular formula is C21H21BrN2O2. The number of halogens is 1. The van der Waals surface area contributed by atoms with E-state index in [-0.39, 0.29) is 5.57 Å². The summed E-state index contributed by atoms with van der Waals surface area (Å²) in [7, 11) is 0. The number of ether oxygens (including phenoxy) is 1. The average Bonchev–Trinajstić information content (AvgIpc) is 2.63. The van der Waals surface area contributed by atoms with E-state index in [1.807, 2.05) is 49.4 Å². The third-order valence-corrected chi connectivity index (χ3v) is 4.35. The minimum Gasteiger partial charge on any atom is -0.494 e. The molecule has 0 saturated carbocycles. The third kappa shape index (κ3) is 5.75. The SMILES string of the molecule is CCCCOc1ccc(/C=C(\C#N)C(=O)Nc2ccc(C)cc2Br)cc1. The highest BCUT2D eigenvalue weighted by molar-refractivity contribution is 9.10. The van der Waals surface area contributed by atoms with E-state index >= 15 is 0 Å². The second-order valence-electron chi connectivity index (χ2n) is 5.88. The Balaban J connectivity index is 2.09. The molecule has 0 unspecified atom stereocenters. The van der Waals surface area contributed by atoms with E-state index in [9.17, 15) is 10.1 Å². The van der Waals surface area contributed by atoms with Crippen LogP contribution in [0.1, 0.15) is 30.9 Å². The van der Waals surface area contributed by atoms with Gasteiger partial charge >= 0.3 is 0 Å². The maximum absolute atomic E-state index is 12.4. The zero-order valence-corrected chi connectivity index (χ0v) is 16.5. The number of amides is 1. The van der Waals surface area contributed by atoms with Gasteiger partial charge in [0.05, 0.1) is 12.3 Å². The number of carbonyl (C=O) groups excluding carboxylic acids is 1. The first-order valence-electron chi connectivity index (χ1n) is 8.45. The summed E-state index contributed by atoms with van der Waals surface area (Å²) in [6.45, 7) is 4.76. The molecule has 2 rings (SSSR count). The van der Waals surface area contributed by atoms with Crippen LogP contribution in [0.25, 0.3) is 6.08 Å². The number of nitrogens with zero attached hydrogens (tertiary/aromatic N) is 1. The zero-order valence-electron chi connectivity index (χ0n) is 14.9. The zero-order chi connectivity index (χ0) is 18.9. The largest absolute Gasteiger partial charge is 0.494 e. The average molecular weight is 413 g/mol. The molecule has 4 nitrogen and oxygen atoms in total. The van der Waals surface area contributed by atoms with E-state index < -0.39 is 5.91 Å². The Bertz CT molecular complexity index is 836. The molecule has 26 heavy (non-hydrogen) atoms. The maximum atomic E-state index is 12.4. The Morgan fingerprint density at radius 1 is 1.27 bits per heavy atom. The summed E-state index contributed by atoms with van der Waals surface area (Å²) in [5.41, 5.74) is 2.51. The molecule has 2 aromatic rings. The summed E-state index contributed by atoms with van der Waals surface area (Å²) in [5, 5.41) is 12.1. The van der Waals surface area contributed by atoms with Crippen LogP contribution in [-0.4, -0.2) is 12.5 Å². The van der Waals surface area contributed by atoms with E-state index in [2.05, 4.69) is 28.2 Å².